The minimum absolute atomic E-state index is 0.0352. The summed E-state index contributed by atoms with van der Waals surface area (Å²) in [4.78, 5) is 10.3. The van der Waals surface area contributed by atoms with Crippen molar-refractivity contribution < 1.29 is 4.92 Å². The summed E-state index contributed by atoms with van der Waals surface area (Å²) in [6.45, 7) is 1.92. The predicted molar refractivity (Wildman–Crippen MR) is 62.7 cm³/mol. The third-order valence-electron chi connectivity index (χ3n) is 3.36. The molecule has 0 heterocycles. The SMILES string of the molecule is CC(N)C1(c2cc([N+](=O)[O-])ccc2Cl)CC1. The van der Waals surface area contributed by atoms with Crippen LogP contribution in [0.25, 0.3) is 0 Å². The molecule has 0 amide bonds. The van der Waals surface area contributed by atoms with Crippen molar-refractivity contribution in [2.75, 3.05) is 0 Å². The van der Waals surface area contributed by atoms with E-state index in [1.54, 1.807) is 12.1 Å². The van der Waals surface area contributed by atoms with Crippen LogP contribution in [0.2, 0.25) is 5.02 Å². The van der Waals surface area contributed by atoms with E-state index in [2.05, 4.69) is 0 Å². The largest absolute Gasteiger partial charge is 0.327 e. The predicted octanol–water partition coefficient (Wildman–Crippen LogP) is 2.63. The summed E-state index contributed by atoms with van der Waals surface area (Å²) in [6.07, 6.45) is 1.90. The van der Waals surface area contributed by atoms with Crippen molar-refractivity contribution in [1.82, 2.24) is 0 Å². The van der Waals surface area contributed by atoms with Gasteiger partial charge in [-0.15, -0.1) is 0 Å². The molecule has 1 aromatic carbocycles. The molecule has 0 aromatic heterocycles. The molecule has 1 aliphatic rings. The number of nitrogens with zero attached hydrogens (tertiary/aromatic N) is 1. The Morgan fingerprint density at radius 2 is 2.19 bits per heavy atom. The highest BCUT2D eigenvalue weighted by atomic mass is 35.5. The van der Waals surface area contributed by atoms with Crippen molar-refractivity contribution in [3.05, 3.63) is 38.9 Å². The van der Waals surface area contributed by atoms with Gasteiger partial charge in [0.25, 0.3) is 5.69 Å². The molecule has 1 aliphatic carbocycles. The summed E-state index contributed by atoms with van der Waals surface area (Å²) < 4.78 is 0. The zero-order valence-electron chi connectivity index (χ0n) is 8.94. The maximum absolute atomic E-state index is 10.7. The molecule has 1 fully saturated rings. The fourth-order valence-corrected chi connectivity index (χ4v) is 2.42. The third-order valence-corrected chi connectivity index (χ3v) is 3.69. The number of nitro groups is 1. The lowest BCUT2D eigenvalue weighted by Crippen LogP contribution is -2.31. The van der Waals surface area contributed by atoms with E-state index in [0.29, 0.717) is 5.02 Å². The lowest BCUT2D eigenvalue weighted by molar-refractivity contribution is -0.384. The Balaban J connectivity index is 2.48. The number of nitro benzene ring substituents is 1. The smallest absolute Gasteiger partial charge is 0.269 e. The van der Waals surface area contributed by atoms with Crippen LogP contribution in [0.4, 0.5) is 5.69 Å². The molecule has 0 bridgehead atoms. The molecule has 86 valence electrons. The third kappa shape index (κ3) is 1.68. The van der Waals surface area contributed by atoms with Crippen molar-refractivity contribution >= 4 is 17.3 Å². The van der Waals surface area contributed by atoms with Crippen molar-refractivity contribution in [3.8, 4) is 0 Å². The molecule has 0 spiro atoms. The van der Waals surface area contributed by atoms with Crippen molar-refractivity contribution in [2.24, 2.45) is 5.73 Å². The van der Waals surface area contributed by atoms with Crippen LogP contribution >= 0.6 is 11.6 Å². The molecular formula is C11H13ClN2O2. The zero-order chi connectivity index (χ0) is 11.9. The molecule has 0 aliphatic heterocycles. The number of hydrogen-bond donors (Lipinski definition) is 1. The average molecular weight is 241 g/mol. The van der Waals surface area contributed by atoms with E-state index in [1.807, 2.05) is 6.92 Å². The van der Waals surface area contributed by atoms with Gasteiger partial charge in [0.15, 0.2) is 0 Å². The van der Waals surface area contributed by atoms with Gasteiger partial charge in [0.2, 0.25) is 0 Å². The summed E-state index contributed by atoms with van der Waals surface area (Å²) in [6, 6.07) is 4.52. The number of halogens is 1. The normalized spacial score (nSPS) is 19.2. The Labute approximate surface area is 98.5 Å². The lowest BCUT2D eigenvalue weighted by atomic mass is 9.89. The van der Waals surface area contributed by atoms with Gasteiger partial charge in [0.1, 0.15) is 0 Å². The van der Waals surface area contributed by atoms with Crippen LogP contribution in [-0.2, 0) is 5.41 Å². The van der Waals surface area contributed by atoms with Crippen LogP contribution in [0.15, 0.2) is 18.2 Å². The molecule has 1 atom stereocenters. The first-order valence-corrected chi connectivity index (χ1v) is 5.55. The molecule has 1 unspecified atom stereocenters. The Hall–Kier alpha value is -1.13. The molecule has 16 heavy (non-hydrogen) atoms. The Kier molecular flexibility index (Phi) is 2.64. The Morgan fingerprint density at radius 1 is 1.56 bits per heavy atom. The highest BCUT2D eigenvalue weighted by molar-refractivity contribution is 6.31. The monoisotopic (exact) mass is 240 g/mol. The topological polar surface area (TPSA) is 69.2 Å². The second-order valence-corrected chi connectivity index (χ2v) is 4.77. The van der Waals surface area contributed by atoms with Gasteiger partial charge in [-0.05, 0) is 31.4 Å². The van der Waals surface area contributed by atoms with E-state index in [4.69, 9.17) is 17.3 Å². The minimum Gasteiger partial charge on any atom is -0.327 e. The number of hydrogen-bond acceptors (Lipinski definition) is 3. The van der Waals surface area contributed by atoms with E-state index < -0.39 is 4.92 Å². The van der Waals surface area contributed by atoms with E-state index >= 15 is 0 Å². The van der Waals surface area contributed by atoms with Gasteiger partial charge in [-0.3, -0.25) is 10.1 Å². The van der Waals surface area contributed by atoms with E-state index in [9.17, 15) is 10.1 Å². The standard InChI is InChI=1S/C11H13ClN2O2/c1-7(13)11(4-5-11)9-6-8(14(15)16)2-3-10(9)12/h2-3,6-7H,4-5,13H2,1H3. The van der Waals surface area contributed by atoms with E-state index in [-0.39, 0.29) is 17.1 Å². The first-order valence-electron chi connectivity index (χ1n) is 5.17. The number of rotatable bonds is 3. The number of non-ortho nitro benzene ring substituents is 1. The molecule has 1 aromatic rings. The van der Waals surface area contributed by atoms with Crippen LogP contribution in [0, 0.1) is 10.1 Å². The lowest BCUT2D eigenvalue weighted by Gasteiger charge is -2.21. The second kappa shape index (κ2) is 3.71. The molecular weight excluding hydrogens is 228 g/mol. The van der Waals surface area contributed by atoms with Gasteiger partial charge in [-0.2, -0.15) is 0 Å². The van der Waals surface area contributed by atoms with Crippen LogP contribution in [-0.4, -0.2) is 11.0 Å². The fraction of sp³-hybridized carbons (Fsp3) is 0.455. The first kappa shape index (κ1) is 11.4. The van der Waals surface area contributed by atoms with E-state index in [0.717, 1.165) is 18.4 Å². The Morgan fingerprint density at radius 3 is 2.62 bits per heavy atom. The molecule has 5 heteroatoms. The van der Waals surface area contributed by atoms with Gasteiger partial charge in [-0.25, -0.2) is 0 Å². The summed E-state index contributed by atoms with van der Waals surface area (Å²) in [5.74, 6) is 0. The Bertz CT molecular complexity index is 442. The van der Waals surface area contributed by atoms with Crippen LogP contribution in [0.3, 0.4) is 0 Å². The van der Waals surface area contributed by atoms with Gasteiger partial charge in [-0.1, -0.05) is 11.6 Å². The molecule has 4 nitrogen and oxygen atoms in total. The van der Waals surface area contributed by atoms with Gasteiger partial charge in [0.05, 0.1) is 4.92 Å². The zero-order valence-corrected chi connectivity index (χ0v) is 9.70. The summed E-state index contributed by atoms with van der Waals surface area (Å²) in [7, 11) is 0. The van der Waals surface area contributed by atoms with Gasteiger partial charge >= 0.3 is 0 Å². The van der Waals surface area contributed by atoms with Gasteiger partial charge < -0.3 is 5.73 Å². The molecule has 2 rings (SSSR count). The molecule has 0 saturated heterocycles. The van der Waals surface area contributed by atoms with Gasteiger partial charge in [0, 0.05) is 28.6 Å². The number of nitrogens with two attached hydrogens (primary N) is 1. The molecule has 1 saturated carbocycles. The summed E-state index contributed by atoms with van der Waals surface area (Å²) >= 11 is 6.09. The highest BCUT2D eigenvalue weighted by Crippen LogP contribution is 2.52. The van der Waals surface area contributed by atoms with Crippen molar-refractivity contribution in [2.45, 2.75) is 31.2 Å². The molecule has 2 N–H and O–H groups in total. The van der Waals surface area contributed by atoms with Crippen molar-refractivity contribution in [3.63, 3.8) is 0 Å². The summed E-state index contributed by atoms with van der Waals surface area (Å²) in [5.41, 5.74) is 6.67. The molecule has 0 radical (unpaired) electrons. The maximum atomic E-state index is 10.7. The summed E-state index contributed by atoms with van der Waals surface area (Å²) in [5, 5.41) is 11.3. The highest BCUT2D eigenvalue weighted by Gasteiger charge is 2.49. The van der Waals surface area contributed by atoms with E-state index in [1.165, 1.54) is 6.07 Å². The minimum atomic E-state index is -0.406. The van der Waals surface area contributed by atoms with Crippen LogP contribution in [0.1, 0.15) is 25.3 Å². The van der Waals surface area contributed by atoms with Crippen LogP contribution < -0.4 is 5.73 Å². The van der Waals surface area contributed by atoms with Crippen LogP contribution in [0.5, 0.6) is 0 Å². The quantitative estimate of drug-likeness (QED) is 0.652. The second-order valence-electron chi connectivity index (χ2n) is 4.37. The first-order chi connectivity index (χ1) is 7.47. The fourth-order valence-electron chi connectivity index (χ4n) is 2.11. The maximum Gasteiger partial charge on any atom is 0.269 e. The van der Waals surface area contributed by atoms with Crippen molar-refractivity contribution in [1.29, 1.82) is 0 Å². The number of benzene rings is 1. The average Bonchev–Trinajstić information content (AvgIpc) is 2.98.